The average molecular weight is 280 g/mol. The summed E-state index contributed by atoms with van der Waals surface area (Å²) in [4.78, 5) is 24.2. The Morgan fingerprint density at radius 2 is 1.80 bits per heavy atom. The molecule has 0 aromatic heterocycles. The van der Waals surface area contributed by atoms with E-state index in [0.29, 0.717) is 12.2 Å². The summed E-state index contributed by atoms with van der Waals surface area (Å²) in [6.07, 6.45) is 0. The molecule has 6 heteroatoms. The molecule has 3 N–H and O–H groups in total. The summed E-state index contributed by atoms with van der Waals surface area (Å²) in [6, 6.07) is 5.56. The van der Waals surface area contributed by atoms with Gasteiger partial charge in [0.15, 0.2) is 0 Å². The molecule has 1 aromatic carbocycles. The van der Waals surface area contributed by atoms with Crippen molar-refractivity contribution in [1.29, 1.82) is 0 Å². The van der Waals surface area contributed by atoms with E-state index in [-0.39, 0.29) is 18.1 Å². The minimum absolute atomic E-state index is 0.159. The Labute approximate surface area is 118 Å². The zero-order valence-corrected chi connectivity index (χ0v) is 11.9. The van der Waals surface area contributed by atoms with Crippen molar-refractivity contribution in [2.45, 2.75) is 26.4 Å². The van der Waals surface area contributed by atoms with Gasteiger partial charge in [0.25, 0.3) is 0 Å². The molecule has 0 heterocycles. The third-order valence-corrected chi connectivity index (χ3v) is 2.63. The molecule has 6 nitrogen and oxygen atoms in total. The molecule has 0 aliphatic rings. The van der Waals surface area contributed by atoms with Gasteiger partial charge in [0.2, 0.25) is 0 Å². The van der Waals surface area contributed by atoms with Crippen LogP contribution in [0.1, 0.15) is 31.1 Å². The molecule has 0 bridgehead atoms. The van der Waals surface area contributed by atoms with E-state index in [1.54, 1.807) is 13.8 Å². The number of urea groups is 1. The molecule has 20 heavy (non-hydrogen) atoms. The summed E-state index contributed by atoms with van der Waals surface area (Å²) >= 11 is 0. The highest BCUT2D eigenvalue weighted by molar-refractivity contribution is 5.91. The van der Waals surface area contributed by atoms with Gasteiger partial charge in [0.05, 0.1) is 17.7 Å². The number of likely N-dealkylation sites (N-methyl/N-ethyl adjacent to an activating group) is 1. The number of hydrogen-bond donors (Lipinski definition) is 3. The topological polar surface area (TPSA) is 89.9 Å². The highest BCUT2D eigenvalue weighted by Gasteiger charge is 2.21. The predicted molar refractivity (Wildman–Crippen MR) is 76.0 cm³/mol. The normalized spacial score (nSPS) is 11.0. The van der Waals surface area contributed by atoms with Gasteiger partial charge in [-0.2, -0.15) is 0 Å². The molecular weight excluding hydrogens is 260 g/mol. The Kier molecular flexibility index (Phi) is 5.10. The van der Waals surface area contributed by atoms with Crippen molar-refractivity contribution in [3.63, 3.8) is 0 Å². The summed E-state index contributed by atoms with van der Waals surface area (Å²) < 4.78 is 0. The second-order valence-electron chi connectivity index (χ2n) is 5.14. The van der Waals surface area contributed by atoms with E-state index in [4.69, 9.17) is 5.11 Å². The molecular formula is C14H20N2O4. The van der Waals surface area contributed by atoms with Gasteiger partial charge in [0.1, 0.15) is 0 Å². The maximum atomic E-state index is 12.0. The maximum absolute atomic E-state index is 12.0. The Hall–Kier alpha value is -2.08. The van der Waals surface area contributed by atoms with Crippen LogP contribution in [-0.4, -0.2) is 45.8 Å². The van der Waals surface area contributed by atoms with Crippen LogP contribution in [0.3, 0.4) is 0 Å². The fraction of sp³-hybridized carbons (Fsp3) is 0.429. The molecule has 0 unspecified atom stereocenters. The lowest BCUT2D eigenvalue weighted by Gasteiger charge is -2.28. The largest absolute Gasteiger partial charge is 0.478 e. The minimum atomic E-state index is -1.01. The summed E-state index contributed by atoms with van der Waals surface area (Å²) in [6.45, 7) is 5.75. The molecule has 0 saturated carbocycles. The second-order valence-corrected chi connectivity index (χ2v) is 5.14. The molecule has 2 amide bonds. The number of carboxylic acid groups (broad SMARTS) is 1. The SMILES string of the molecule is CCN(CC(C)(C)O)C(=O)Nc1ccc(C(=O)O)cc1. The number of anilines is 1. The molecule has 0 atom stereocenters. The number of aliphatic hydroxyl groups is 1. The standard InChI is InChI=1S/C14H20N2O4/c1-4-16(9-14(2,3)20)13(19)15-11-7-5-10(6-8-11)12(17)18/h5-8,20H,4,9H2,1-3H3,(H,15,19)(H,17,18). The van der Waals surface area contributed by atoms with Crippen LogP contribution in [0.2, 0.25) is 0 Å². The van der Waals surface area contributed by atoms with Crippen LogP contribution in [0.5, 0.6) is 0 Å². The summed E-state index contributed by atoms with van der Waals surface area (Å²) in [5, 5.41) is 21.2. The number of nitrogens with zero attached hydrogens (tertiary/aromatic N) is 1. The van der Waals surface area contributed by atoms with E-state index in [0.717, 1.165) is 0 Å². The third kappa shape index (κ3) is 4.89. The second kappa shape index (κ2) is 6.38. The Bertz CT molecular complexity index is 477. The van der Waals surface area contributed by atoms with Crippen LogP contribution in [0.4, 0.5) is 10.5 Å². The van der Waals surface area contributed by atoms with Crippen molar-refractivity contribution in [1.82, 2.24) is 4.90 Å². The first-order valence-electron chi connectivity index (χ1n) is 6.34. The van der Waals surface area contributed by atoms with Crippen LogP contribution in [0.25, 0.3) is 0 Å². The van der Waals surface area contributed by atoms with Gasteiger partial charge in [-0.05, 0) is 45.0 Å². The van der Waals surface area contributed by atoms with Crippen molar-refractivity contribution in [2.75, 3.05) is 18.4 Å². The van der Waals surface area contributed by atoms with E-state index in [9.17, 15) is 14.7 Å². The number of nitrogens with one attached hydrogen (secondary N) is 1. The number of amides is 2. The number of carbonyl (C=O) groups is 2. The zero-order valence-electron chi connectivity index (χ0n) is 11.9. The third-order valence-electron chi connectivity index (χ3n) is 2.63. The van der Waals surface area contributed by atoms with Crippen LogP contribution in [0.15, 0.2) is 24.3 Å². The summed E-state index contributed by atoms with van der Waals surface area (Å²) in [5.74, 6) is -1.01. The molecule has 0 spiro atoms. The summed E-state index contributed by atoms with van der Waals surface area (Å²) in [5.41, 5.74) is -0.304. The smallest absolute Gasteiger partial charge is 0.335 e. The first kappa shape index (κ1) is 16.0. The molecule has 0 fully saturated rings. The van der Waals surface area contributed by atoms with Crippen LogP contribution in [-0.2, 0) is 0 Å². The van der Waals surface area contributed by atoms with Gasteiger partial charge < -0.3 is 20.4 Å². The number of aromatic carboxylic acids is 1. The number of rotatable bonds is 5. The van der Waals surface area contributed by atoms with Crippen LogP contribution in [0, 0.1) is 0 Å². The number of benzene rings is 1. The van der Waals surface area contributed by atoms with Gasteiger partial charge >= 0.3 is 12.0 Å². The quantitative estimate of drug-likeness (QED) is 0.769. The number of carboxylic acids is 1. The molecule has 1 rings (SSSR count). The number of hydrogen-bond acceptors (Lipinski definition) is 3. The Morgan fingerprint density at radius 1 is 1.25 bits per heavy atom. The molecule has 1 aromatic rings. The first-order valence-corrected chi connectivity index (χ1v) is 6.34. The lowest BCUT2D eigenvalue weighted by atomic mass is 10.1. The van der Waals surface area contributed by atoms with Crippen LogP contribution < -0.4 is 5.32 Å². The molecule has 0 saturated heterocycles. The predicted octanol–water partition coefficient (Wildman–Crippen LogP) is 2.01. The summed E-state index contributed by atoms with van der Waals surface area (Å²) in [7, 11) is 0. The van der Waals surface area contributed by atoms with Gasteiger partial charge in [-0.3, -0.25) is 0 Å². The first-order chi connectivity index (χ1) is 9.23. The number of carbonyl (C=O) groups excluding carboxylic acids is 1. The Balaban J connectivity index is 2.71. The van der Waals surface area contributed by atoms with Gasteiger partial charge in [-0.1, -0.05) is 0 Å². The fourth-order valence-electron chi connectivity index (χ4n) is 1.69. The average Bonchev–Trinajstić information content (AvgIpc) is 2.35. The molecule has 0 aliphatic heterocycles. The zero-order chi connectivity index (χ0) is 15.3. The van der Waals surface area contributed by atoms with E-state index in [1.807, 2.05) is 6.92 Å². The van der Waals surface area contributed by atoms with Crippen molar-refractivity contribution < 1.29 is 19.8 Å². The van der Waals surface area contributed by atoms with Crippen molar-refractivity contribution in [3.05, 3.63) is 29.8 Å². The monoisotopic (exact) mass is 280 g/mol. The van der Waals surface area contributed by atoms with Gasteiger partial charge in [-0.15, -0.1) is 0 Å². The molecule has 0 radical (unpaired) electrons. The lowest BCUT2D eigenvalue weighted by molar-refractivity contribution is 0.0501. The molecule has 0 aliphatic carbocycles. The highest BCUT2D eigenvalue weighted by atomic mass is 16.4. The van der Waals surface area contributed by atoms with Gasteiger partial charge in [-0.25, -0.2) is 9.59 Å². The maximum Gasteiger partial charge on any atom is 0.335 e. The van der Waals surface area contributed by atoms with E-state index >= 15 is 0 Å². The van der Waals surface area contributed by atoms with E-state index < -0.39 is 11.6 Å². The minimum Gasteiger partial charge on any atom is -0.478 e. The van der Waals surface area contributed by atoms with Crippen LogP contribution >= 0.6 is 0 Å². The van der Waals surface area contributed by atoms with Crippen molar-refractivity contribution >= 4 is 17.7 Å². The fourth-order valence-corrected chi connectivity index (χ4v) is 1.69. The highest BCUT2D eigenvalue weighted by Crippen LogP contribution is 2.12. The lowest BCUT2D eigenvalue weighted by Crippen LogP contribution is -2.44. The van der Waals surface area contributed by atoms with Gasteiger partial charge in [0, 0.05) is 12.2 Å². The van der Waals surface area contributed by atoms with Crippen molar-refractivity contribution in [2.24, 2.45) is 0 Å². The molecule has 110 valence electrons. The van der Waals surface area contributed by atoms with E-state index in [2.05, 4.69) is 5.32 Å². The van der Waals surface area contributed by atoms with E-state index in [1.165, 1.54) is 29.2 Å². The Morgan fingerprint density at radius 3 is 2.20 bits per heavy atom. The van der Waals surface area contributed by atoms with Crippen molar-refractivity contribution in [3.8, 4) is 0 Å².